The van der Waals surface area contributed by atoms with Crippen LogP contribution < -0.4 is 5.56 Å². The number of pyridine rings is 1. The molecule has 1 aromatic rings. The lowest BCUT2D eigenvalue weighted by Crippen LogP contribution is -2.40. The van der Waals surface area contributed by atoms with Crippen molar-refractivity contribution >= 4 is 5.91 Å². The highest BCUT2D eigenvalue weighted by molar-refractivity contribution is 5.93. The molecular weight excluding hydrogens is 240 g/mol. The lowest BCUT2D eigenvalue weighted by Gasteiger charge is -2.24. The zero-order valence-corrected chi connectivity index (χ0v) is 11.5. The van der Waals surface area contributed by atoms with Crippen LogP contribution in [0.25, 0.3) is 0 Å². The first-order valence-electron chi connectivity index (χ1n) is 6.63. The minimum absolute atomic E-state index is 0.192. The molecule has 1 atom stereocenters. The quantitative estimate of drug-likeness (QED) is 0.759. The van der Waals surface area contributed by atoms with Crippen LogP contribution in [0.15, 0.2) is 35.8 Å². The Morgan fingerprint density at radius 2 is 2.32 bits per heavy atom. The molecule has 1 unspecified atom stereocenters. The average molecular weight is 260 g/mol. The van der Waals surface area contributed by atoms with Crippen LogP contribution in [0.4, 0.5) is 0 Å². The second kappa shape index (κ2) is 5.43. The van der Waals surface area contributed by atoms with E-state index < -0.39 is 0 Å². The second-order valence-corrected chi connectivity index (χ2v) is 5.16. The predicted molar refractivity (Wildman–Crippen MR) is 75.2 cm³/mol. The number of nitrogens with zero attached hydrogens (tertiary/aromatic N) is 2. The summed E-state index contributed by atoms with van der Waals surface area (Å²) < 4.78 is 1.50. The van der Waals surface area contributed by atoms with Crippen molar-refractivity contribution < 1.29 is 4.79 Å². The fourth-order valence-electron chi connectivity index (χ4n) is 2.25. The summed E-state index contributed by atoms with van der Waals surface area (Å²) in [6.07, 6.45) is 5.67. The summed E-state index contributed by atoms with van der Waals surface area (Å²) in [7, 11) is 1.77. The molecule has 0 spiro atoms. The van der Waals surface area contributed by atoms with Crippen LogP contribution in [0.3, 0.4) is 0 Å². The van der Waals surface area contributed by atoms with Gasteiger partial charge in [-0.05, 0) is 37.8 Å². The monoisotopic (exact) mass is 260 g/mol. The van der Waals surface area contributed by atoms with Gasteiger partial charge in [0.2, 0.25) is 0 Å². The van der Waals surface area contributed by atoms with Gasteiger partial charge >= 0.3 is 0 Å². The molecule has 19 heavy (non-hydrogen) atoms. The van der Waals surface area contributed by atoms with Crippen LogP contribution >= 0.6 is 0 Å². The number of aromatic nitrogens is 1. The van der Waals surface area contributed by atoms with E-state index in [4.69, 9.17) is 0 Å². The van der Waals surface area contributed by atoms with E-state index in [1.165, 1.54) is 17.4 Å². The lowest BCUT2D eigenvalue weighted by molar-refractivity contribution is 0.0725. The summed E-state index contributed by atoms with van der Waals surface area (Å²) in [5.41, 5.74) is -0.0124. The highest BCUT2D eigenvalue weighted by Crippen LogP contribution is 2.34. The van der Waals surface area contributed by atoms with Crippen LogP contribution in [0, 0.1) is 5.92 Å². The molecule has 1 aliphatic carbocycles. The molecule has 0 aromatic carbocycles. The average Bonchev–Trinajstić information content (AvgIpc) is 3.23. The summed E-state index contributed by atoms with van der Waals surface area (Å²) in [5.74, 6) is 0.399. The third-order valence-electron chi connectivity index (χ3n) is 3.81. The normalized spacial score (nSPS) is 15.9. The number of hydrogen-bond acceptors (Lipinski definition) is 2. The van der Waals surface area contributed by atoms with Gasteiger partial charge in [0.1, 0.15) is 5.56 Å². The van der Waals surface area contributed by atoms with Gasteiger partial charge in [0, 0.05) is 25.8 Å². The minimum atomic E-state index is -0.248. The van der Waals surface area contributed by atoms with Crippen molar-refractivity contribution in [2.45, 2.75) is 32.4 Å². The van der Waals surface area contributed by atoms with Crippen molar-refractivity contribution in [2.24, 2.45) is 5.92 Å². The molecule has 2 rings (SSSR count). The second-order valence-electron chi connectivity index (χ2n) is 5.16. The third-order valence-corrected chi connectivity index (χ3v) is 3.81. The van der Waals surface area contributed by atoms with Crippen LogP contribution in [0.5, 0.6) is 0 Å². The molecule has 1 amide bonds. The molecule has 0 radical (unpaired) electrons. The van der Waals surface area contributed by atoms with Crippen LogP contribution in [-0.4, -0.2) is 28.5 Å². The van der Waals surface area contributed by atoms with Gasteiger partial charge in [0.05, 0.1) is 0 Å². The molecule has 0 aliphatic heterocycles. The van der Waals surface area contributed by atoms with E-state index in [0.717, 1.165) is 0 Å². The first kappa shape index (κ1) is 13.6. The maximum absolute atomic E-state index is 12.4. The van der Waals surface area contributed by atoms with Crippen molar-refractivity contribution in [1.82, 2.24) is 9.47 Å². The van der Waals surface area contributed by atoms with E-state index in [0.29, 0.717) is 12.5 Å². The van der Waals surface area contributed by atoms with E-state index in [-0.39, 0.29) is 23.1 Å². The lowest BCUT2D eigenvalue weighted by atomic mass is 10.1. The summed E-state index contributed by atoms with van der Waals surface area (Å²) in [6, 6.07) is 3.52. The van der Waals surface area contributed by atoms with Crippen molar-refractivity contribution in [3.8, 4) is 0 Å². The van der Waals surface area contributed by atoms with E-state index in [2.05, 4.69) is 6.58 Å². The first-order valence-corrected chi connectivity index (χ1v) is 6.63. The molecule has 1 aromatic heterocycles. The predicted octanol–water partition coefficient (Wildman–Crippen LogP) is 1.90. The van der Waals surface area contributed by atoms with Crippen LogP contribution in [-0.2, 0) is 6.54 Å². The summed E-state index contributed by atoms with van der Waals surface area (Å²) in [5, 5.41) is 0. The topological polar surface area (TPSA) is 42.3 Å². The Morgan fingerprint density at radius 1 is 1.63 bits per heavy atom. The van der Waals surface area contributed by atoms with Crippen LogP contribution in [0.2, 0.25) is 0 Å². The molecule has 4 heteroatoms. The Kier molecular flexibility index (Phi) is 3.88. The molecule has 4 nitrogen and oxygen atoms in total. The number of carbonyl (C=O) groups is 1. The number of carbonyl (C=O) groups excluding carboxylic acids is 1. The van der Waals surface area contributed by atoms with Gasteiger partial charge in [0.25, 0.3) is 11.5 Å². The number of hydrogen-bond donors (Lipinski definition) is 0. The molecule has 0 N–H and O–H groups in total. The summed E-state index contributed by atoms with van der Waals surface area (Å²) in [4.78, 5) is 26.3. The van der Waals surface area contributed by atoms with Gasteiger partial charge in [-0.25, -0.2) is 0 Å². The van der Waals surface area contributed by atoms with Crippen molar-refractivity contribution in [3.63, 3.8) is 0 Å². The Bertz CT molecular complexity index is 543. The Morgan fingerprint density at radius 3 is 2.89 bits per heavy atom. The Labute approximate surface area is 113 Å². The van der Waals surface area contributed by atoms with E-state index in [1.807, 2.05) is 6.92 Å². The molecular formula is C15H20N2O2. The summed E-state index contributed by atoms with van der Waals surface area (Å²) in [6.45, 7) is 6.07. The van der Waals surface area contributed by atoms with Gasteiger partial charge in [0.15, 0.2) is 0 Å². The van der Waals surface area contributed by atoms with E-state index in [9.17, 15) is 9.59 Å². The minimum Gasteiger partial charge on any atom is -0.339 e. The van der Waals surface area contributed by atoms with Crippen LogP contribution in [0.1, 0.15) is 30.1 Å². The standard InChI is InChI=1S/C15H20N2O2/c1-4-9-17-10-5-6-13(15(17)19)14(18)16(3)11(2)12-7-8-12/h4-6,10-12H,1,7-9H2,2-3H3. The molecule has 1 aliphatic rings. The van der Waals surface area contributed by atoms with Gasteiger partial charge in [-0.15, -0.1) is 6.58 Å². The maximum Gasteiger partial charge on any atom is 0.263 e. The fraction of sp³-hybridized carbons (Fsp3) is 0.467. The highest BCUT2D eigenvalue weighted by Gasteiger charge is 2.33. The van der Waals surface area contributed by atoms with E-state index >= 15 is 0 Å². The van der Waals surface area contributed by atoms with E-state index in [1.54, 1.807) is 36.4 Å². The van der Waals surface area contributed by atoms with Gasteiger partial charge in [-0.2, -0.15) is 0 Å². The number of rotatable bonds is 5. The smallest absolute Gasteiger partial charge is 0.263 e. The molecule has 1 saturated carbocycles. The fourth-order valence-corrected chi connectivity index (χ4v) is 2.25. The molecule has 1 heterocycles. The molecule has 0 saturated heterocycles. The van der Waals surface area contributed by atoms with Gasteiger partial charge in [-0.1, -0.05) is 6.08 Å². The van der Waals surface area contributed by atoms with Crippen molar-refractivity contribution in [1.29, 1.82) is 0 Å². The first-order chi connectivity index (χ1) is 9.06. The Hall–Kier alpha value is -1.84. The molecule has 1 fully saturated rings. The van der Waals surface area contributed by atoms with Crippen molar-refractivity contribution in [2.75, 3.05) is 7.05 Å². The number of allylic oxidation sites excluding steroid dienone is 1. The molecule has 102 valence electrons. The van der Waals surface area contributed by atoms with Gasteiger partial charge < -0.3 is 9.47 Å². The Balaban J connectivity index is 2.25. The largest absolute Gasteiger partial charge is 0.339 e. The van der Waals surface area contributed by atoms with Crippen molar-refractivity contribution in [3.05, 3.63) is 46.9 Å². The third kappa shape index (κ3) is 2.78. The zero-order valence-electron chi connectivity index (χ0n) is 11.5. The SMILES string of the molecule is C=CCn1cccc(C(=O)N(C)C(C)C2CC2)c1=O. The zero-order chi connectivity index (χ0) is 14.0. The summed E-state index contributed by atoms with van der Waals surface area (Å²) >= 11 is 0. The maximum atomic E-state index is 12.4. The molecule has 0 bridgehead atoms. The highest BCUT2D eigenvalue weighted by atomic mass is 16.2. The van der Waals surface area contributed by atoms with Gasteiger partial charge in [-0.3, -0.25) is 9.59 Å². The number of amides is 1.